The molecule has 5 nitrogen and oxygen atoms in total. The van der Waals surface area contributed by atoms with Gasteiger partial charge < -0.3 is 5.32 Å². The number of carbonyl (C=O) groups excluding carboxylic acids is 1. The highest BCUT2D eigenvalue weighted by atomic mass is 16.2. The number of nitrogens with zero attached hydrogens (tertiary/aromatic N) is 3. The number of carbonyl (C=O) groups is 1. The molecule has 0 saturated heterocycles. The first-order valence-corrected chi connectivity index (χ1v) is 8.96. The smallest absolute Gasteiger partial charge is 0.271 e. The molecule has 2 aliphatic heterocycles. The molecule has 0 saturated carbocycles. The number of fused-ring (bicyclic) bond motifs is 1. The van der Waals surface area contributed by atoms with Gasteiger partial charge in [0.2, 0.25) is 0 Å². The molecule has 2 aliphatic rings. The van der Waals surface area contributed by atoms with Crippen molar-refractivity contribution in [3.8, 4) is 6.07 Å². The summed E-state index contributed by atoms with van der Waals surface area (Å²) in [5.74, 6) is -0.193. The number of allylic oxidation sites excluding steroid dienone is 3. The average molecular weight is 366 g/mol. The van der Waals surface area contributed by atoms with Gasteiger partial charge in [0.05, 0.1) is 17.3 Å². The van der Waals surface area contributed by atoms with Crippen LogP contribution in [0.25, 0.3) is 11.3 Å². The summed E-state index contributed by atoms with van der Waals surface area (Å²) >= 11 is 0. The van der Waals surface area contributed by atoms with Crippen molar-refractivity contribution >= 4 is 22.9 Å². The van der Waals surface area contributed by atoms with Crippen molar-refractivity contribution in [2.24, 2.45) is 5.10 Å². The molecule has 2 aromatic rings. The molecule has 5 heteroatoms. The van der Waals surface area contributed by atoms with Crippen LogP contribution in [0.2, 0.25) is 0 Å². The van der Waals surface area contributed by atoms with Crippen molar-refractivity contribution in [2.45, 2.75) is 13.1 Å². The van der Waals surface area contributed by atoms with Crippen molar-refractivity contribution in [3.63, 3.8) is 0 Å². The first-order chi connectivity index (χ1) is 13.6. The van der Waals surface area contributed by atoms with E-state index in [9.17, 15) is 4.79 Å². The van der Waals surface area contributed by atoms with E-state index in [4.69, 9.17) is 5.26 Å². The van der Waals surface area contributed by atoms with Crippen molar-refractivity contribution in [2.75, 3.05) is 0 Å². The molecule has 0 bridgehead atoms. The predicted octanol–water partition coefficient (Wildman–Crippen LogP) is 3.69. The standard InChI is InChI=1S/C23H18N4O/c1-16-7-10-20(18-5-3-2-4-6-18)13-22-25-21(14-23(28)27(22)26-16)19-11-8-17(15-24)9-12-19/h2-14,22,25H,1H3/b10-7?,20-13?,26-16+. The van der Waals surface area contributed by atoms with Crippen LogP contribution in [0.3, 0.4) is 0 Å². The molecule has 0 fully saturated rings. The highest BCUT2D eigenvalue weighted by molar-refractivity contribution is 6.01. The minimum Gasteiger partial charge on any atom is -0.360 e. The molecule has 4 rings (SSSR count). The summed E-state index contributed by atoms with van der Waals surface area (Å²) in [4.78, 5) is 12.8. The number of nitriles is 1. The van der Waals surface area contributed by atoms with E-state index in [0.29, 0.717) is 11.3 Å². The zero-order valence-electron chi connectivity index (χ0n) is 15.3. The molecule has 2 aromatic carbocycles. The van der Waals surface area contributed by atoms with Gasteiger partial charge in [-0.15, -0.1) is 0 Å². The van der Waals surface area contributed by atoms with Crippen LogP contribution in [0.4, 0.5) is 0 Å². The van der Waals surface area contributed by atoms with Crippen molar-refractivity contribution < 1.29 is 4.79 Å². The zero-order chi connectivity index (χ0) is 19.5. The van der Waals surface area contributed by atoms with E-state index in [2.05, 4.69) is 16.5 Å². The SMILES string of the molecule is C/C1=N\N2C(=O)C=C(c3ccc(C#N)cc3)NC2C=C(c2ccccc2)C=C1. The maximum absolute atomic E-state index is 12.8. The summed E-state index contributed by atoms with van der Waals surface area (Å²) in [5.41, 5.74) is 4.95. The van der Waals surface area contributed by atoms with Gasteiger partial charge in [0.15, 0.2) is 0 Å². The van der Waals surface area contributed by atoms with Crippen molar-refractivity contribution in [3.05, 3.63) is 95.6 Å². The number of hydrogen-bond donors (Lipinski definition) is 1. The van der Waals surface area contributed by atoms with E-state index >= 15 is 0 Å². The number of amides is 1. The number of hydrazone groups is 1. The molecule has 0 spiro atoms. The number of hydrogen-bond acceptors (Lipinski definition) is 4. The fourth-order valence-electron chi connectivity index (χ4n) is 3.17. The first-order valence-electron chi connectivity index (χ1n) is 8.96. The van der Waals surface area contributed by atoms with Crippen LogP contribution in [0, 0.1) is 11.3 Å². The molecular formula is C23H18N4O. The van der Waals surface area contributed by atoms with E-state index in [1.54, 1.807) is 12.1 Å². The fraction of sp³-hybridized carbons (Fsp3) is 0.0870. The second-order valence-electron chi connectivity index (χ2n) is 6.58. The second kappa shape index (κ2) is 7.37. The van der Waals surface area contributed by atoms with Gasteiger partial charge >= 0.3 is 0 Å². The Hall–Kier alpha value is -3.91. The summed E-state index contributed by atoms with van der Waals surface area (Å²) in [6.07, 6.45) is 7.03. The lowest BCUT2D eigenvalue weighted by Crippen LogP contribution is -2.47. The predicted molar refractivity (Wildman–Crippen MR) is 110 cm³/mol. The first kappa shape index (κ1) is 17.5. The molecule has 0 aliphatic carbocycles. The lowest BCUT2D eigenvalue weighted by atomic mass is 10.0. The van der Waals surface area contributed by atoms with Gasteiger partial charge in [0.1, 0.15) is 6.17 Å². The number of nitrogens with one attached hydrogen (secondary N) is 1. The lowest BCUT2D eigenvalue weighted by molar-refractivity contribution is -0.128. The number of rotatable bonds is 2. The van der Waals surface area contributed by atoms with E-state index in [0.717, 1.165) is 22.4 Å². The Bertz CT molecular complexity index is 1070. The fourth-order valence-corrected chi connectivity index (χ4v) is 3.17. The summed E-state index contributed by atoms with van der Waals surface area (Å²) < 4.78 is 0. The van der Waals surface area contributed by atoms with Crippen LogP contribution in [-0.2, 0) is 4.79 Å². The summed E-state index contributed by atoms with van der Waals surface area (Å²) in [5, 5.41) is 18.3. The van der Waals surface area contributed by atoms with Gasteiger partial charge in [-0.3, -0.25) is 4.79 Å². The summed E-state index contributed by atoms with van der Waals surface area (Å²) in [7, 11) is 0. The number of benzene rings is 2. The van der Waals surface area contributed by atoms with Gasteiger partial charge in [0.25, 0.3) is 5.91 Å². The van der Waals surface area contributed by atoms with E-state index in [-0.39, 0.29) is 5.91 Å². The Morgan fingerprint density at radius 2 is 1.79 bits per heavy atom. The van der Waals surface area contributed by atoms with Crippen LogP contribution >= 0.6 is 0 Å². The van der Waals surface area contributed by atoms with Crippen molar-refractivity contribution in [1.82, 2.24) is 10.3 Å². The van der Waals surface area contributed by atoms with E-state index in [1.807, 2.05) is 67.6 Å². The third kappa shape index (κ3) is 3.49. The normalized spacial score (nSPS) is 20.4. The Balaban J connectivity index is 1.74. The van der Waals surface area contributed by atoms with Crippen LogP contribution in [0.5, 0.6) is 0 Å². The molecule has 1 atom stereocenters. The van der Waals surface area contributed by atoms with E-state index < -0.39 is 6.17 Å². The van der Waals surface area contributed by atoms with Gasteiger partial charge in [-0.1, -0.05) is 48.5 Å². The quantitative estimate of drug-likeness (QED) is 0.881. The highest BCUT2D eigenvalue weighted by Crippen LogP contribution is 2.25. The minimum absolute atomic E-state index is 0.193. The average Bonchev–Trinajstić information content (AvgIpc) is 2.72. The second-order valence-corrected chi connectivity index (χ2v) is 6.58. The summed E-state index contributed by atoms with van der Waals surface area (Å²) in [6.45, 7) is 1.87. The Kier molecular flexibility index (Phi) is 4.61. The zero-order valence-corrected chi connectivity index (χ0v) is 15.3. The van der Waals surface area contributed by atoms with Crippen LogP contribution in [0.1, 0.15) is 23.6 Å². The largest absolute Gasteiger partial charge is 0.360 e. The van der Waals surface area contributed by atoms with Crippen LogP contribution in [0.15, 0.2) is 84.0 Å². The maximum Gasteiger partial charge on any atom is 0.271 e. The molecule has 1 amide bonds. The van der Waals surface area contributed by atoms with E-state index in [1.165, 1.54) is 11.1 Å². The third-order valence-electron chi connectivity index (χ3n) is 4.60. The molecule has 28 heavy (non-hydrogen) atoms. The molecule has 1 N–H and O–H groups in total. The van der Waals surface area contributed by atoms with Gasteiger partial charge in [-0.05, 0) is 47.9 Å². The molecular weight excluding hydrogens is 348 g/mol. The molecule has 136 valence electrons. The lowest BCUT2D eigenvalue weighted by Gasteiger charge is -2.32. The molecule has 0 radical (unpaired) electrons. The Labute approximate surface area is 163 Å². The third-order valence-corrected chi connectivity index (χ3v) is 4.60. The van der Waals surface area contributed by atoms with Crippen molar-refractivity contribution in [1.29, 1.82) is 5.26 Å². The molecule has 1 unspecified atom stereocenters. The minimum atomic E-state index is -0.418. The van der Waals surface area contributed by atoms with Crippen LogP contribution < -0.4 is 5.32 Å². The maximum atomic E-state index is 12.8. The highest BCUT2D eigenvalue weighted by Gasteiger charge is 2.28. The van der Waals surface area contributed by atoms with Gasteiger partial charge in [-0.25, -0.2) is 5.01 Å². The molecule has 2 heterocycles. The monoisotopic (exact) mass is 366 g/mol. The Morgan fingerprint density at radius 3 is 2.50 bits per heavy atom. The molecule has 0 aromatic heterocycles. The topological polar surface area (TPSA) is 68.5 Å². The van der Waals surface area contributed by atoms with Gasteiger partial charge in [-0.2, -0.15) is 10.4 Å². The summed E-state index contributed by atoms with van der Waals surface area (Å²) in [6, 6.07) is 19.3. The Morgan fingerprint density at radius 1 is 1.04 bits per heavy atom. The van der Waals surface area contributed by atoms with Gasteiger partial charge in [0, 0.05) is 11.8 Å². The van der Waals surface area contributed by atoms with Crippen LogP contribution in [-0.4, -0.2) is 22.8 Å².